The zero-order chi connectivity index (χ0) is 69.8. The maximum absolute atomic E-state index is 13.1. The highest BCUT2D eigenvalue weighted by molar-refractivity contribution is 7.47. The van der Waals surface area contributed by atoms with Gasteiger partial charge < -0.3 is 33.8 Å². The Bertz CT molecular complexity index is 2010. The summed E-state index contributed by atoms with van der Waals surface area (Å²) in [6, 6.07) is 0. The first-order valence-corrected chi connectivity index (χ1v) is 41.3. The summed E-state index contributed by atoms with van der Waals surface area (Å²) in [7, 11) is -9.93. The largest absolute Gasteiger partial charge is 0.472 e. The quantitative estimate of drug-likeness (QED) is 0.0169. The third-order valence-corrected chi connectivity index (χ3v) is 18.4. The van der Waals surface area contributed by atoms with E-state index in [-0.39, 0.29) is 25.7 Å². The van der Waals surface area contributed by atoms with Gasteiger partial charge in [-0.1, -0.05) is 295 Å². The number of hydrogen-bond acceptors (Lipinski definition) is 15. The summed E-state index contributed by atoms with van der Waals surface area (Å²) in [6.45, 7) is 7.15. The number of aliphatic hydroxyl groups excluding tert-OH is 1. The second-order valence-electron chi connectivity index (χ2n) is 26.5. The molecule has 19 heteroatoms. The zero-order valence-electron chi connectivity index (χ0n) is 60.8. The molecule has 0 spiro atoms. The van der Waals surface area contributed by atoms with Gasteiger partial charge in [-0.3, -0.25) is 37.3 Å². The maximum Gasteiger partial charge on any atom is 0.472 e. The minimum atomic E-state index is -4.97. The first kappa shape index (κ1) is 92.0. The van der Waals surface area contributed by atoms with E-state index in [4.69, 9.17) is 37.0 Å². The van der Waals surface area contributed by atoms with Crippen LogP contribution in [0.1, 0.15) is 349 Å². The van der Waals surface area contributed by atoms with E-state index in [9.17, 15) is 43.2 Å². The second-order valence-corrected chi connectivity index (χ2v) is 29.4. The SMILES string of the molecule is CCCCCC/C=C\C=C/CCCCCCCC(=O)OC[C@H](COP(=O)(O)OC[C@@H](O)COP(=O)(O)OC[C@@H](COC(=O)CCCCCCCCCC)OC(=O)CCCCCCC/C=C\C=C/CCCCCC)OC(=O)CCCCCCCCCCCCCCCCC(C)C. The van der Waals surface area contributed by atoms with E-state index in [1.807, 2.05) is 0 Å². The van der Waals surface area contributed by atoms with Gasteiger partial charge in [0.25, 0.3) is 0 Å². The van der Waals surface area contributed by atoms with Gasteiger partial charge >= 0.3 is 39.5 Å². The van der Waals surface area contributed by atoms with E-state index >= 15 is 0 Å². The van der Waals surface area contributed by atoms with Crippen molar-refractivity contribution in [2.45, 2.75) is 368 Å². The number of esters is 4. The number of hydrogen-bond donors (Lipinski definition) is 3. The van der Waals surface area contributed by atoms with Gasteiger partial charge in [-0.15, -0.1) is 0 Å². The fourth-order valence-electron chi connectivity index (χ4n) is 10.6. The Labute approximate surface area is 578 Å². The number of phosphoric ester groups is 2. The Morgan fingerprint density at radius 2 is 0.568 bits per heavy atom. The molecule has 2 unspecified atom stereocenters. The third kappa shape index (κ3) is 69.3. The first-order chi connectivity index (χ1) is 46.0. The zero-order valence-corrected chi connectivity index (χ0v) is 62.6. The highest BCUT2D eigenvalue weighted by Crippen LogP contribution is 2.45. The molecule has 0 bridgehead atoms. The van der Waals surface area contributed by atoms with Crippen LogP contribution in [0, 0.1) is 5.92 Å². The van der Waals surface area contributed by atoms with Crippen molar-refractivity contribution in [3.05, 3.63) is 48.6 Å². The first-order valence-electron chi connectivity index (χ1n) is 38.3. The monoisotopic (exact) mass is 1390 g/mol. The van der Waals surface area contributed by atoms with Crippen LogP contribution in [0.25, 0.3) is 0 Å². The Hall–Kier alpha value is -2.98. The summed E-state index contributed by atoms with van der Waals surface area (Å²) < 4.78 is 68.4. The van der Waals surface area contributed by atoms with Gasteiger partial charge in [0.15, 0.2) is 12.2 Å². The van der Waals surface area contributed by atoms with Crippen molar-refractivity contribution in [2.75, 3.05) is 39.6 Å². The molecule has 0 aliphatic heterocycles. The van der Waals surface area contributed by atoms with Gasteiger partial charge in [0.2, 0.25) is 0 Å². The van der Waals surface area contributed by atoms with Crippen molar-refractivity contribution in [2.24, 2.45) is 5.92 Å². The van der Waals surface area contributed by atoms with Crippen molar-refractivity contribution in [1.29, 1.82) is 0 Å². The molecule has 0 fully saturated rings. The van der Waals surface area contributed by atoms with E-state index in [1.165, 1.54) is 135 Å². The molecule has 95 heavy (non-hydrogen) atoms. The molecule has 0 aliphatic rings. The molecule has 0 aromatic rings. The van der Waals surface area contributed by atoms with E-state index < -0.39 is 97.5 Å². The van der Waals surface area contributed by atoms with E-state index in [0.29, 0.717) is 25.7 Å². The van der Waals surface area contributed by atoms with Gasteiger partial charge in [0.1, 0.15) is 19.3 Å². The average Bonchev–Trinajstić information content (AvgIpc) is 1.73. The highest BCUT2D eigenvalue weighted by Gasteiger charge is 2.30. The minimum Gasteiger partial charge on any atom is -0.462 e. The third-order valence-electron chi connectivity index (χ3n) is 16.5. The average molecular weight is 1390 g/mol. The van der Waals surface area contributed by atoms with Crippen LogP contribution in [-0.4, -0.2) is 96.7 Å². The predicted octanol–water partition coefficient (Wildman–Crippen LogP) is 21.6. The van der Waals surface area contributed by atoms with E-state index in [0.717, 1.165) is 134 Å². The smallest absolute Gasteiger partial charge is 0.462 e. The molecule has 0 aromatic carbocycles. The number of carbonyl (C=O) groups is 4. The van der Waals surface area contributed by atoms with Crippen LogP contribution in [0.15, 0.2) is 48.6 Å². The van der Waals surface area contributed by atoms with Gasteiger partial charge in [-0.25, -0.2) is 9.13 Å². The molecule has 0 aromatic heterocycles. The number of rotatable bonds is 72. The molecule has 556 valence electrons. The molecule has 0 heterocycles. The normalized spacial score (nSPS) is 14.3. The lowest BCUT2D eigenvalue weighted by Gasteiger charge is -2.21. The number of carbonyl (C=O) groups excluding carboxylic acids is 4. The van der Waals surface area contributed by atoms with Crippen molar-refractivity contribution in [3.8, 4) is 0 Å². The number of aliphatic hydroxyl groups is 1. The molecule has 0 amide bonds. The lowest BCUT2D eigenvalue weighted by Crippen LogP contribution is -2.30. The summed E-state index contributed by atoms with van der Waals surface area (Å²) in [5, 5.41) is 10.6. The van der Waals surface area contributed by atoms with Gasteiger partial charge in [-0.2, -0.15) is 0 Å². The molecule has 17 nitrogen and oxygen atoms in total. The Morgan fingerprint density at radius 1 is 0.326 bits per heavy atom. The highest BCUT2D eigenvalue weighted by atomic mass is 31.2. The Morgan fingerprint density at radius 3 is 0.863 bits per heavy atom. The second kappa shape index (κ2) is 68.2. The minimum absolute atomic E-state index is 0.0826. The van der Waals surface area contributed by atoms with Crippen LogP contribution in [0.4, 0.5) is 0 Å². The molecule has 0 saturated carbocycles. The summed E-state index contributed by atoms with van der Waals surface area (Å²) >= 11 is 0. The number of phosphoric acid groups is 2. The summed E-state index contributed by atoms with van der Waals surface area (Å²) in [5.41, 5.74) is 0. The van der Waals surface area contributed by atoms with Crippen LogP contribution in [-0.2, 0) is 65.4 Å². The molecule has 0 aliphatic carbocycles. The van der Waals surface area contributed by atoms with Crippen LogP contribution >= 0.6 is 15.6 Å². The molecule has 0 radical (unpaired) electrons. The van der Waals surface area contributed by atoms with Crippen molar-refractivity contribution in [3.63, 3.8) is 0 Å². The van der Waals surface area contributed by atoms with Crippen LogP contribution in [0.2, 0.25) is 0 Å². The maximum atomic E-state index is 13.1. The van der Waals surface area contributed by atoms with E-state index in [1.54, 1.807) is 0 Å². The predicted molar refractivity (Wildman–Crippen MR) is 386 cm³/mol. The lowest BCUT2D eigenvalue weighted by molar-refractivity contribution is -0.161. The summed E-state index contributed by atoms with van der Waals surface area (Å²) in [4.78, 5) is 72.7. The van der Waals surface area contributed by atoms with Crippen molar-refractivity contribution in [1.82, 2.24) is 0 Å². The number of ether oxygens (including phenoxy) is 4. The van der Waals surface area contributed by atoms with Gasteiger partial charge in [0, 0.05) is 25.7 Å². The van der Waals surface area contributed by atoms with E-state index in [2.05, 4.69) is 83.2 Å². The Kier molecular flexibility index (Phi) is 66.0. The van der Waals surface area contributed by atoms with Gasteiger partial charge in [-0.05, 0) is 83.0 Å². The van der Waals surface area contributed by atoms with Gasteiger partial charge in [0.05, 0.1) is 26.4 Å². The Balaban J connectivity index is 5.29. The molecule has 5 atom stereocenters. The fourth-order valence-corrected chi connectivity index (χ4v) is 12.2. The van der Waals surface area contributed by atoms with Crippen molar-refractivity contribution >= 4 is 39.5 Å². The van der Waals surface area contributed by atoms with Crippen LogP contribution in [0.5, 0.6) is 0 Å². The van der Waals surface area contributed by atoms with Crippen LogP contribution < -0.4 is 0 Å². The topological polar surface area (TPSA) is 237 Å². The fraction of sp³-hybridized carbons (Fsp3) is 0.842. The molecular weight excluding hydrogens is 1250 g/mol. The van der Waals surface area contributed by atoms with Crippen molar-refractivity contribution < 1.29 is 80.2 Å². The molecule has 0 saturated heterocycles. The standard InChI is InChI=1S/C76H140O17P2/c1-6-9-12-15-18-21-23-25-27-32-36-40-45-50-55-60-74(79)87-66-72(93-76(81)62-57-52-47-42-38-34-30-29-31-35-39-43-48-53-58-69(4)5)68-91-95(84,85)89-64-70(77)63-88-94(82,83)90-67-71(65-86-73(78)59-54-49-44-20-17-14-11-8-3)92-75(80)61-56-51-46-41-37-33-28-26-24-22-19-16-13-10-7-2/h21-28,69-72,77H,6-20,29-68H2,1-5H3,(H,82,83)(H,84,85)/b23-21-,24-22-,27-25-,28-26-/t70-,71+,72+/m0/s1. The molecular formula is C76H140O17P2. The molecule has 0 rings (SSSR count). The molecule has 3 N–H and O–H groups in total. The summed E-state index contributed by atoms with van der Waals surface area (Å²) in [6.07, 6.45) is 62.7. The summed E-state index contributed by atoms with van der Waals surface area (Å²) in [5.74, 6) is -1.39. The lowest BCUT2D eigenvalue weighted by atomic mass is 10.0. The van der Waals surface area contributed by atoms with Crippen LogP contribution in [0.3, 0.4) is 0 Å². The number of unbranched alkanes of at least 4 members (excludes halogenated alkanes) is 38. The number of allylic oxidation sites excluding steroid dienone is 8.